The van der Waals surface area contributed by atoms with Crippen LogP contribution in [0.5, 0.6) is 5.75 Å². The number of methoxy groups -OCH3 is 1. The van der Waals surface area contributed by atoms with Crippen molar-refractivity contribution in [2.45, 2.75) is 25.4 Å². The van der Waals surface area contributed by atoms with Gasteiger partial charge in [0.2, 0.25) is 5.91 Å². The van der Waals surface area contributed by atoms with Crippen LogP contribution in [0.25, 0.3) is 0 Å². The summed E-state index contributed by atoms with van der Waals surface area (Å²) in [5.74, 6) is 0.531. The molecule has 0 aromatic heterocycles. The van der Waals surface area contributed by atoms with Crippen molar-refractivity contribution in [1.29, 1.82) is 0 Å². The fraction of sp³-hybridized carbons (Fsp3) is 0.278. The highest BCUT2D eigenvalue weighted by Gasteiger charge is 2.31. The van der Waals surface area contributed by atoms with Gasteiger partial charge in [0, 0.05) is 0 Å². The van der Waals surface area contributed by atoms with Gasteiger partial charge in [0.25, 0.3) is 0 Å². The van der Waals surface area contributed by atoms with Crippen molar-refractivity contribution in [3.05, 3.63) is 64.1 Å². The molecule has 0 saturated carbocycles. The topological polar surface area (TPSA) is 64.3 Å². The minimum atomic E-state index is -1.08. The number of nitrogens with one attached hydrogen (secondary N) is 1. The largest absolute Gasteiger partial charge is 0.496 e. The smallest absolute Gasteiger partial charge is 0.244 e. The Bertz CT molecular complexity index is 687. The number of hydrogen-bond donors (Lipinski definition) is 2. The number of benzene rings is 2. The highest BCUT2D eigenvalue weighted by atomic mass is 79.9. The Labute approximate surface area is 145 Å². The molecule has 2 aromatic carbocycles. The molecule has 0 fully saturated rings. The Hall–Kier alpha value is -1.85. The second-order valence-corrected chi connectivity index (χ2v) is 6.51. The SMILES string of the molecule is COc1ccc(C(C)NC(=O)C(C)(N)c2ccccc2)cc1Br. The minimum Gasteiger partial charge on any atom is -0.496 e. The fourth-order valence-corrected chi connectivity index (χ4v) is 2.86. The van der Waals surface area contributed by atoms with Gasteiger partial charge in [-0.3, -0.25) is 4.79 Å². The average molecular weight is 377 g/mol. The maximum absolute atomic E-state index is 12.6. The van der Waals surface area contributed by atoms with Gasteiger partial charge in [0.15, 0.2) is 0 Å². The summed E-state index contributed by atoms with van der Waals surface area (Å²) in [6, 6.07) is 14.9. The first-order valence-electron chi connectivity index (χ1n) is 7.35. The lowest BCUT2D eigenvalue weighted by Gasteiger charge is -2.26. The third-order valence-electron chi connectivity index (χ3n) is 3.87. The molecule has 0 aliphatic rings. The summed E-state index contributed by atoms with van der Waals surface area (Å²) >= 11 is 3.46. The van der Waals surface area contributed by atoms with E-state index in [1.54, 1.807) is 14.0 Å². The van der Waals surface area contributed by atoms with Crippen LogP contribution in [-0.2, 0) is 10.3 Å². The second kappa shape index (κ2) is 7.15. The van der Waals surface area contributed by atoms with Crippen LogP contribution in [0.4, 0.5) is 0 Å². The highest BCUT2D eigenvalue weighted by molar-refractivity contribution is 9.10. The predicted octanol–water partition coefficient (Wildman–Crippen LogP) is 3.51. The quantitative estimate of drug-likeness (QED) is 0.838. The molecule has 2 rings (SSSR count). The Morgan fingerprint density at radius 1 is 1.26 bits per heavy atom. The molecule has 0 saturated heterocycles. The Kier molecular flexibility index (Phi) is 5.44. The van der Waals surface area contributed by atoms with E-state index in [4.69, 9.17) is 10.5 Å². The van der Waals surface area contributed by atoms with E-state index in [-0.39, 0.29) is 11.9 Å². The van der Waals surface area contributed by atoms with Gasteiger partial charge in [-0.15, -0.1) is 0 Å². The number of carbonyl (C=O) groups excluding carboxylic acids is 1. The van der Waals surface area contributed by atoms with Crippen molar-refractivity contribution in [1.82, 2.24) is 5.32 Å². The van der Waals surface area contributed by atoms with Crippen molar-refractivity contribution >= 4 is 21.8 Å². The van der Waals surface area contributed by atoms with Crippen LogP contribution < -0.4 is 15.8 Å². The van der Waals surface area contributed by atoms with E-state index in [2.05, 4.69) is 21.2 Å². The van der Waals surface area contributed by atoms with Crippen LogP contribution in [-0.4, -0.2) is 13.0 Å². The number of amides is 1. The summed E-state index contributed by atoms with van der Waals surface area (Å²) < 4.78 is 6.06. The molecule has 2 unspecified atom stereocenters. The van der Waals surface area contributed by atoms with Crippen LogP contribution in [0.3, 0.4) is 0 Å². The van der Waals surface area contributed by atoms with Crippen LogP contribution >= 0.6 is 15.9 Å². The summed E-state index contributed by atoms with van der Waals surface area (Å²) in [6.45, 7) is 3.64. The monoisotopic (exact) mass is 376 g/mol. The van der Waals surface area contributed by atoms with Crippen LogP contribution in [0.15, 0.2) is 53.0 Å². The van der Waals surface area contributed by atoms with Gasteiger partial charge in [0.05, 0.1) is 17.6 Å². The fourth-order valence-electron chi connectivity index (χ4n) is 2.30. The number of ether oxygens (including phenoxy) is 1. The standard InChI is InChI=1S/C18H21BrN2O2/c1-12(13-9-10-16(23-3)15(19)11-13)21-17(22)18(2,20)14-7-5-4-6-8-14/h4-12H,20H2,1-3H3,(H,21,22). The first-order chi connectivity index (χ1) is 10.9. The van der Waals surface area contributed by atoms with Crippen LogP contribution in [0, 0.1) is 0 Å². The predicted molar refractivity (Wildman–Crippen MR) is 95.2 cm³/mol. The number of halogens is 1. The Morgan fingerprint density at radius 3 is 2.48 bits per heavy atom. The molecular formula is C18H21BrN2O2. The maximum Gasteiger partial charge on any atom is 0.244 e. The second-order valence-electron chi connectivity index (χ2n) is 5.66. The zero-order valence-electron chi connectivity index (χ0n) is 13.5. The summed E-state index contributed by atoms with van der Waals surface area (Å²) in [5.41, 5.74) is 6.90. The van der Waals surface area contributed by atoms with Crippen molar-refractivity contribution < 1.29 is 9.53 Å². The van der Waals surface area contributed by atoms with E-state index in [1.807, 2.05) is 55.5 Å². The summed E-state index contributed by atoms with van der Waals surface area (Å²) in [7, 11) is 1.62. The first-order valence-corrected chi connectivity index (χ1v) is 8.14. The van der Waals surface area contributed by atoms with E-state index in [0.29, 0.717) is 0 Å². The van der Waals surface area contributed by atoms with Crippen molar-refractivity contribution in [2.24, 2.45) is 5.73 Å². The molecule has 0 heterocycles. The molecule has 0 aliphatic heterocycles. The number of rotatable bonds is 5. The van der Waals surface area contributed by atoms with E-state index in [9.17, 15) is 4.79 Å². The lowest BCUT2D eigenvalue weighted by Crippen LogP contribution is -2.49. The number of carbonyl (C=O) groups is 1. The normalized spacial score (nSPS) is 14.7. The molecule has 0 bridgehead atoms. The van der Waals surface area contributed by atoms with E-state index in [1.165, 1.54) is 0 Å². The molecule has 0 aliphatic carbocycles. The molecule has 0 radical (unpaired) electrons. The van der Waals surface area contributed by atoms with E-state index in [0.717, 1.165) is 21.3 Å². The molecule has 1 amide bonds. The molecular weight excluding hydrogens is 356 g/mol. The maximum atomic E-state index is 12.6. The Morgan fingerprint density at radius 2 is 1.91 bits per heavy atom. The lowest BCUT2D eigenvalue weighted by atomic mass is 9.91. The molecule has 5 heteroatoms. The van der Waals surface area contributed by atoms with Gasteiger partial charge in [-0.2, -0.15) is 0 Å². The molecule has 4 nitrogen and oxygen atoms in total. The summed E-state index contributed by atoms with van der Waals surface area (Å²) in [5, 5.41) is 2.97. The number of hydrogen-bond acceptors (Lipinski definition) is 3. The zero-order chi connectivity index (χ0) is 17.0. The molecule has 23 heavy (non-hydrogen) atoms. The van der Waals surface area contributed by atoms with E-state index < -0.39 is 5.54 Å². The highest BCUT2D eigenvalue weighted by Crippen LogP contribution is 2.28. The molecule has 2 atom stereocenters. The van der Waals surface area contributed by atoms with Gasteiger partial charge in [0.1, 0.15) is 11.3 Å². The summed E-state index contributed by atoms with van der Waals surface area (Å²) in [6.07, 6.45) is 0. The third kappa shape index (κ3) is 3.92. The van der Waals surface area contributed by atoms with Crippen molar-refractivity contribution in [2.75, 3.05) is 7.11 Å². The van der Waals surface area contributed by atoms with Crippen molar-refractivity contribution in [3.63, 3.8) is 0 Å². The van der Waals surface area contributed by atoms with Gasteiger partial charge in [-0.1, -0.05) is 36.4 Å². The van der Waals surface area contributed by atoms with Gasteiger partial charge < -0.3 is 15.8 Å². The van der Waals surface area contributed by atoms with Crippen LogP contribution in [0.1, 0.15) is 31.0 Å². The minimum absolute atomic E-state index is 0.170. The lowest BCUT2D eigenvalue weighted by molar-refractivity contribution is -0.126. The average Bonchev–Trinajstić information content (AvgIpc) is 2.55. The Balaban J connectivity index is 2.15. The molecule has 2 aromatic rings. The third-order valence-corrected chi connectivity index (χ3v) is 4.49. The molecule has 3 N–H and O–H groups in total. The van der Waals surface area contributed by atoms with Crippen molar-refractivity contribution in [3.8, 4) is 5.75 Å². The number of nitrogens with two attached hydrogens (primary N) is 1. The van der Waals surface area contributed by atoms with Gasteiger partial charge in [-0.25, -0.2) is 0 Å². The summed E-state index contributed by atoms with van der Waals surface area (Å²) in [4.78, 5) is 12.6. The first kappa shape index (κ1) is 17.5. The molecule has 0 spiro atoms. The van der Waals surface area contributed by atoms with Gasteiger partial charge in [-0.05, 0) is 53.0 Å². The van der Waals surface area contributed by atoms with Gasteiger partial charge >= 0.3 is 0 Å². The van der Waals surface area contributed by atoms with Crippen LogP contribution in [0.2, 0.25) is 0 Å². The zero-order valence-corrected chi connectivity index (χ0v) is 15.1. The van der Waals surface area contributed by atoms with E-state index >= 15 is 0 Å². The molecule has 122 valence electrons.